The number of hydrogen-bond donors (Lipinski definition) is 1. The van der Waals surface area contributed by atoms with Gasteiger partial charge in [0.1, 0.15) is 5.60 Å². The Balaban J connectivity index is 3.30. The van der Waals surface area contributed by atoms with Crippen molar-refractivity contribution in [3.8, 4) is 0 Å². The van der Waals surface area contributed by atoms with Gasteiger partial charge >= 0.3 is 19.0 Å². The number of esters is 1. The third-order valence-electron chi connectivity index (χ3n) is 2.86. The summed E-state index contributed by atoms with van der Waals surface area (Å²) in [5.74, 6) is -0.932. The van der Waals surface area contributed by atoms with Gasteiger partial charge in [-0.1, -0.05) is 11.6 Å². The predicted octanol–water partition coefficient (Wildman–Crippen LogP) is 3.18. The number of carbonyl (C=O) groups excluding carboxylic acids is 2. The van der Waals surface area contributed by atoms with E-state index < -0.39 is 30.1 Å². The molecule has 1 aromatic carbocycles. The summed E-state index contributed by atoms with van der Waals surface area (Å²) < 4.78 is 48.9. The van der Waals surface area contributed by atoms with Crippen molar-refractivity contribution in [2.45, 2.75) is 33.3 Å². The molecule has 23 heavy (non-hydrogen) atoms. The molecule has 0 spiro atoms. The van der Waals surface area contributed by atoms with Crippen molar-refractivity contribution in [1.29, 1.82) is 0 Å². The second kappa shape index (κ2) is 6.51. The Kier molecular flexibility index (Phi) is 5.34. The molecule has 1 aromatic rings. The number of carbonyl (C=O) groups is 2. The summed E-state index contributed by atoms with van der Waals surface area (Å²) in [6.07, 6.45) is -0.914. The van der Waals surface area contributed by atoms with Crippen LogP contribution >= 0.6 is 0 Å². The normalized spacial score (nSPS) is 11.8. The van der Waals surface area contributed by atoms with Gasteiger partial charge in [0.15, 0.2) is 0 Å². The average molecular weight is 332 g/mol. The molecule has 1 rings (SSSR count). The van der Waals surface area contributed by atoms with Crippen LogP contribution in [-0.4, -0.2) is 31.8 Å². The Bertz CT molecular complexity index is 624. The van der Waals surface area contributed by atoms with Crippen LogP contribution < -0.4 is 10.8 Å². The highest BCUT2D eigenvalue weighted by Gasteiger charge is 2.30. The Morgan fingerprint density at radius 1 is 1.17 bits per heavy atom. The van der Waals surface area contributed by atoms with E-state index in [1.54, 1.807) is 20.8 Å². The van der Waals surface area contributed by atoms with Crippen LogP contribution in [0.1, 0.15) is 36.7 Å². The van der Waals surface area contributed by atoms with E-state index in [1.807, 2.05) is 0 Å². The van der Waals surface area contributed by atoms with E-state index in [0.717, 1.165) is 13.2 Å². The standard InChI is InChI=1S/C14H18BF3NO4/c1-8-10(15(16,17)18)6-9(12(20)22-5)7-11(8)19-13(21)23-14(2,3)4/h6-7H,1-5H3,(H,19,21)/q-1. The molecule has 0 aliphatic rings. The van der Waals surface area contributed by atoms with Crippen molar-refractivity contribution in [1.82, 2.24) is 0 Å². The Hall–Kier alpha value is -2.19. The van der Waals surface area contributed by atoms with Crippen LogP contribution in [-0.2, 0) is 9.47 Å². The van der Waals surface area contributed by atoms with Crippen LogP contribution in [0.4, 0.5) is 23.4 Å². The summed E-state index contributed by atoms with van der Waals surface area (Å²) in [5.41, 5.74) is -2.45. The first-order valence-corrected chi connectivity index (χ1v) is 6.78. The van der Waals surface area contributed by atoms with Crippen LogP contribution in [0.2, 0.25) is 0 Å². The Morgan fingerprint density at radius 3 is 2.17 bits per heavy atom. The molecule has 0 aliphatic heterocycles. The Morgan fingerprint density at radius 2 is 1.74 bits per heavy atom. The smallest absolute Gasteiger partial charge is 0.465 e. The lowest BCUT2D eigenvalue weighted by molar-refractivity contribution is 0.0596. The first-order chi connectivity index (χ1) is 10.3. The van der Waals surface area contributed by atoms with Crippen LogP contribution in [0.3, 0.4) is 0 Å². The molecule has 0 bridgehead atoms. The van der Waals surface area contributed by atoms with Crippen LogP contribution in [0, 0.1) is 6.92 Å². The number of rotatable bonds is 3. The number of ether oxygens (including phenoxy) is 2. The van der Waals surface area contributed by atoms with Gasteiger partial charge in [-0.3, -0.25) is 5.32 Å². The summed E-state index contributed by atoms with van der Waals surface area (Å²) in [6, 6.07) is 1.83. The third-order valence-corrected chi connectivity index (χ3v) is 2.86. The zero-order chi connectivity index (χ0) is 18.0. The second-order valence-corrected chi connectivity index (χ2v) is 5.93. The highest BCUT2D eigenvalue weighted by atomic mass is 19.4. The van der Waals surface area contributed by atoms with Crippen molar-refractivity contribution in [3.63, 3.8) is 0 Å². The van der Waals surface area contributed by atoms with E-state index in [4.69, 9.17) is 4.74 Å². The van der Waals surface area contributed by atoms with Crippen molar-refractivity contribution in [2.24, 2.45) is 0 Å². The van der Waals surface area contributed by atoms with Gasteiger partial charge in [0.25, 0.3) is 0 Å². The van der Waals surface area contributed by atoms with Crippen molar-refractivity contribution < 1.29 is 32.0 Å². The summed E-state index contributed by atoms with van der Waals surface area (Å²) in [7, 11) is 1.06. The molecular weight excluding hydrogens is 314 g/mol. The van der Waals surface area contributed by atoms with Gasteiger partial charge in [-0.15, -0.1) is 5.46 Å². The van der Waals surface area contributed by atoms with E-state index >= 15 is 0 Å². The fourth-order valence-corrected chi connectivity index (χ4v) is 1.86. The van der Waals surface area contributed by atoms with Crippen LogP contribution in [0.25, 0.3) is 0 Å². The number of anilines is 1. The Labute approximate surface area is 132 Å². The maximum atomic E-state index is 13.2. The molecule has 0 saturated carbocycles. The number of hydrogen-bond acceptors (Lipinski definition) is 4. The van der Waals surface area contributed by atoms with E-state index in [-0.39, 0.29) is 16.8 Å². The van der Waals surface area contributed by atoms with Gasteiger partial charge in [-0.25, -0.2) is 9.59 Å². The van der Waals surface area contributed by atoms with Gasteiger partial charge in [-0.05, 0) is 33.8 Å². The molecule has 1 amide bonds. The molecule has 0 saturated heterocycles. The summed E-state index contributed by atoms with van der Waals surface area (Å²) >= 11 is 0. The fourth-order valence-electron chi connectivity index (χ4n) is 1.86. The van der Waals surface area contributed by atoms with E-state index in [2.05, 4.69) is 10.1 Å². The van der Waals surface area contributed by atoms with E-state index in [0.29, 0.717) is 6.07 Å². The monoisotopic (exact) mass is 332 g/mol. The number of methoxy groups -OCH3 is 1. The molecule has 0 aliphatic carbocycles. The summed E-state index contributed by atoms with van der Waals surface area (Å²) in [4.78, 5) is 23.3. The minimum absolute atomic E-state index is 0.156. The first-order valence-electron chi connectivity index (χ1n) is 6.78. The van der Waals surface area contributed by atoms with Crippen molar-refractivity contribution in [2.75, 3.05) is 12.4 Å². The third kappa shape index (κ3) is 5.19. The maximum Gasteiger partial charge on any atom is 0.509 e. The minimum Gasteiger partial charge on any atom is -0.465 e. The molecular formula is C14H18BF3NO4-. The predicted molar refractivity (Wildman–Crippen MR) is 81.1 cm³/mol. The van der Waals surface area contributed by atoms with Gasteiger partial charge in [0.05, 0.1) is 12.7 Å². The quantitative estimate of drug-likeness (QED) is 0.682. The van der Waals surface area contributed by atoms with Crippen LogP contribution in [0.15, 0.2) is 12.1 Å². The highest BCUT2D eigenvalue weighted by molar-refractivity contribution is 6.74. The van der Waals surface area contributed by atoms with Gasteiger partial charge in [0.2, 0.25) is 0 Å². The fraction of sp³-hybridized carbons (Fsp3) is 0.429. The minimum atomic E-state index is -5.36. The second-order valence-electron chi connectivity index (χ2n) is 5.93. The highest BCUT2D eigenvalue weighted by Crippen LogP contribution is 2.22. The molecule has 0 atom stereocenters. The number of benzene rings is 1. The van der Waals surface area contributed by atoms with Crippen molar-refractivity contribution >= 4 is 30.2 Å². The molecule has 5 nitrogen and oxygen atoms in total. The van der Waals surface area contributed by atoms with E-state index in [1.165, 1.54) is 6.92 Å². The van der Waals surface area contributed by atoms with Gasteiger partial charge < -0.3 is 22.4 Å². The lowest BCUT2D eigenvalue weighted by atomic mass is 9.75. The first kappa shape index (κ1) is 18.9. The van der Waals surface area contributed by atoms with Crippen molar-refractivity contribution in [3.05, 3.63) is 23.3 Å². The maximum absolute atomic E-state index is 13.2. The molecule has 0 unspecified atom stereocenters. The lowest BCUT2D eigenvalue weighted by Crippen LogP contribution is -2.38. The average Bonchev–Trinajstić information content (AvgIpc) is 2.36. The lowest BCUT2D eigenvalue weighted by Gasteiger charge is -2.23. The van der Waals surface area contributed by atoms with Crippen LogP contribution in [0.5, 0.6) is 0 Å². The van der Waals surface area contributed by atoms with E-state index in [9.17, 15) is 22.5 Å². The molecule has 0 aromatic heterocycles. The molecule has 128 valence electrons. The SMILES string of the molecule is COC(=O)c1cc(NC(=O)OC(C)(C)C)c(C)c([B-](F)(F)F)c1. The van der Waals surface area contributed by atoms with Gasteiger partial charge in [-0.2, -0.15) is 0 Å². The molecule has 1 N–H and O–H groups in total. The topological polar surface area (TPSA) is 64.6 Å². The largest absolute Gasteiger partial charge is 0.509 e. The number of halogens is 3. The molecule has 0 fully saturated rings. The zero-order valence-corrected chi connectivity index (χ0v) is 13.5. The summed E-state index contributed by atoms with van der Waals surface area (Å²) in [5, 5.41) is 2.24. The zero-order valence-electron chi connectivity index (χ0n) is 13.5. The number of amides is 1. The molecule has 0 radical (unpaired) electrons. The molecule has 0 heterocycles. The van der Waals surface area contributed by atoms with Gasteiger partial charge in [0, 0.05) is 5.69 Å². The summed E-state index contributed by atoms with van der Waals surface area (Å²) in [6.45, 7) is 0.702. The number of nitrogens with one attached hydrogen (secondary N) is 1. The molecule has 9 heteroatoms.